The third-order valence-electron chi connectivity index (χ3n) is 5.98. The first kappa shape index (κ1) is 23.5. The maximum atomic E-state index is 13.3. The van der Waals surface area contributed by atoms with E-state index in [1.54, 1.807) is 24.3 Å². The first-order valence-corrected chi connectivity index (χ1v) is 13.3. The highest BCUT2D eigenvalue weighted by molar-refractivity contribution is 9.10. The van der Waals surface area contributed by atoms with E-state index in [1.165, 1.54) is 4.31 Å². The summed E-state index contributed by atoms with van der Waals surface area (Å²) in [6.07, 6.45) is 2.55. The SMILES string of the molecule is Cc1cc(Br)cc(C)c1NC(=O)CCc1ccc(S(=O)(=O)N2CCCc3ccccc32)cc1. The largest absolute Gasteiger partial charge is 0.326 e. The summed E-state index contributed by atoms with van der Waals surface area (Å²) >= 11 is 3.47. The summed E-state index contributed by atoms with van der Waals surface area (Å²) in [5, 5.41) is 3.00. The number of rotatable bonds is 6. The molecule has 0 bridgehead atoms. The van der Waals surface area contributed by atoms with Gasteiger partial charge >= 0.3 is 0 Å². The normalized spacial score (nSPS) is 13.5. The van der Waals surface area contributed by atoms with Crippen molar-refractivity contribution in [1.82, 2.24) is 0 Å². The van der Waals surface area contributed by atoms with E-state index in [2.05, 4.69) is 21.2 Å². The fraction of sp³-hybridized carbons (Fsp3) is 0.269. The quantitative estimate of drug-likeness (QED) is 0.442. The molecule has 1 amide bonds. The topological polar surface area (TPSA) is 66.5 Å². The number of nitrogens with one attached hydrogen (secondary N) is 1. The van der Waals surface area contributed by atoms with E-state index >= 15 is 0 Å². The molecule has 0 unspecified atom stereocenters. The van der Waals surface area contributed by atoms with E-state index in [4.69, 9.17) is 0 Å². The lowest BCUT2D eigenvalue weighted by Crippen LogP contribution is -2.35. The highest BCUT2D eigenvalue weighted by Crippen LogP contribution is 2.32. The Morgan fingerprint density at radius 1 is 1.03 bits per heavy atom. The van der Waals surface area contributed by atoms with Gasteiger partial charge < -0.3 is 5.32 Å². The van der Waals surface area contributed by atoms with Gasteiger partial charge in [-0.05, 0) is 85.7 Å². The summed E-state index contributed by atoms with van der Waals surface area (Å²) in [5.74, 6) is -0.0647. The van der Waals surface area contributed by atoms with Crippen LogP contribution in [0.5, 0.6) is 0 Å². The van der Waals surface area contributed by atoms with E-state index in [0.717, 1.165) is 50.9 Å². The van der Waals surface area contributed by atoms with Crippen LogP contribution in [-0.4, -0.2) is 20.9 Å². The van der Waals surface area contributed by atoms with Gasteiger partial charge in [-0.3, -0.25) is 9.10 Å². The summed E-state index contributed by atoms with van der Waals surface area (Å²) in [5.41, 5.74) is 5.60. The number of hydrogen-bond donors (Lipinski definition) is 1. The molecule has 3 aromatic carbocycles. The van der Waals surface area contributed by atoms with Gasteiger partial charge in [-0.15, -0.1) is 0 Å². The summed E-state index contributed by atoms with van der Waals surface area (Å²) in [6, 6.07) is 18.5. The van der Waals surface area contributed by atoms with Crippen LogP contribution < -0.4 is 9.62 Å². The molecule has 7 heteroatoms. The van der Waals surface area contributed by atoms with Gasteiger partial charge in [-0.1, -0.05) is 46.3 Å². The molecule has 1 aliphatic heterocycles. The first-order valence-electron chi connectivity index (χ1n) is 11.0. The third kappa shape index (κ3) is 5.14. The molecule has 0 spiro atoms. The number of aryl methyl sites for hydroxylation is 4. The Morgan fingerprint density at radius 3 is 2.39 bits per heavy atom. The zero-order valence-corrected chi connectivity index (χ0v) is 21.2. The molecule has 1 aliphatic rings. The maximum absolute atomic E-state index is 13.3. The van der Waals surface area contributed by atoms with E-state index < -0.39 is 10.0 Å². The second-order valence-electron chi connectivity index (χ2n) is 8.42. The molecule has 0 saturated carbocycles. The molecular weight excluding hydrogens is 500 g/mol. The lowest BCUT2D eigenvalue weighted by atomic mass is 10.0. The van der Waals surface area contributed by atoms with Crippen LogP contribution in [0.3, 0.4) is 0 Å². The van der Waals surface area contributed by atoms with Crippen LogP contribution >= 0.6 is 15.9 Å². The van der Waals surface area contributed by atoms with Crippen molar-refractivity contribution in [2.75, 3.05) is 16.2 Å². The van der Waals surface area contributed by atoms with E-state index in [0.29, 0.717) is 19.4 Å². The van der Waals surface area contributed by atoms with Crippen LogP contribution in [0.15, 0.2) is 70.0 Å². The molecule has 3 aromatic rings. The maximum Gasteiger partial charge on any atom is 0.264 e. The second-order valence-corrected chi connectivity index (χ2v) is 11.2. The van der Waals surface area contributed by atoms with Gasteiger partial charge in [0, 0.05) is 23.1 Å². The molecule has 4 rings (SSSR count). The molecule has 172 valence electrons. The van der Waals surface area contributed by atoms with Crippen molar-refractivity contribution in [3.63, 3.8) is 0 Å². The number of carbonyl (C=O) groups is 1. The van der Waals surface area contributed by atoms with Crippen molar-refractivity contribution in [3.8, 4) is 0 Å². The molecule has 0 saturated heterocycles. The van der Waals surface area contributed by atoms with Crippen LogP contribution in [0.4, 0.5) is 11.4 Å². The highest BCUT2D eigenvalue weighted by atomic mass is 79.9. The molecule has 5 nitrogen and oxygen atoms in total. The molecule has 1 N–H and O–H groups in total. The second kappa shape index (κ2) is 9.69. The van der Waals surface area contributed by atoms with E-state index in [-0.39, 0.29) is 10.8 Å². The fourth-order valence-corrected chi connectivity index (χ4v) is 6.50. The summed E-state index contributed by atoms with van der Waals surface area (Å²) in [4.78, 5) is 12.8. The predicted molar refractivity (Wildman–Crippen MR) is 136 cm³/mol. The number of nitrogens with zero attached hydrogens (tertiary/aromatic N) is 1. The average molecular weight is 527 g/mol. The number of hydrogen-bond acceptors (Lipinski definition) is 3. The monoisotopic (exact) mass is 526 g/mol. The summed E-state index contributed by atoms with van der Waals surface area (Å²) in [6.45, 7) is 4.41. The fourth-order valence-electron chi connectivity index (χ4n) is 4.27. The van der Waals surface area contributed by atoms with Crippen LogP contribution in [0, 0.1) is 13.8 Å². The number of carbonyl (C=O) groups excluding carboxylic acids is 1. The van der Waals surface area contributed by atoms with Crippen molar-refractivity contribution >= 4 is 43.2 Å². The number of amides is 1. The predicted octanol–water partition coefficient (Wildman–Crippen LogP) is 5.78. The average Bonchev–Trinajstić information content (AvgIpc) is 2.80. The Labute approximate surface area is 204 Å². The van der Waals surface area contributed by atoms with Crippen molar-refractivity contribution in [2.24, 2.45) is 0 Å². The summed E-state index contributed by atoms with van der Waals surface area (Å²) in [7, 11) is -3.63. The Hall–Kier alpha value is -2.64. The van der Waals surface area contributed by atoms with Gasteiger partial charge in [0.25, 0.3) is 10.0 Å². The Morgan fingerprint density at radius 2 is 1.70 bits per heavy atom. The molecule has 0 radical (unpaired) electrons. The van der Waals surface area contributed by atoms with Crippen LogP contribution in [0.2, 0.25) is 0 Å². The van der Waals surface area contributed by atoms with Gasteiger partial charge in [0.2, 0.25) is 5.91 Å². The minimum absolute atomic E-state index is 0.0647. The molecule has 0 aliphatic carbocycles. The van der Waals surface area contributed by atoms with Crippen molar-refractivity contribution in [3.05, 3.63) is 87.4 Å². The van der Waals surface area contributed by atoms with Gasteiger partial charge in [0.1, 0.15) is 0 Å². The zero-order chi connectivity index (χ0) is 23.6. The Balaban J connectivity index is 1.42. The lowest BCUT2D eigenvalue weighted by molar-refractivity contribution is -0.116. The number of anilines is 2. The van der Waals surface area contributed by atoms with Gasteiger partial charge in [0.05, 0.1) is 10.6 Å². The van der Waals surface area contributed by atoms with E-state index in [1.807, 2.05) is 50.2 Å². The van der Waals surface area contributed by atoms with Crippen LogP contribution in [-0.2, 0) is 27.7 Å². The molecule has 1 heterocycles. The Bertz CT molecular complexity index is 1260. The summed E-state index contributed by atoms with van der Waals surface area (Å²) < 4.78 is 29.0. The number of sulfonamides is 1. The minimum Gasteiger partial charge on any atom is -0.326 e. The van der Waals surface area contributed by atoms with E-state index in [9.17, 15) is 13.2 Å². The standard InChI is InChI=1S/C26H27BrN2O3S/c1-18-16-22(27)17-19(2)26(18)28-25(30)14-11-20-9-12-23(13-10-20)33(31,32)29-15-5-7-21-6-3-4-8-24(21)29/h3-4,6,8-10,12-13,16-17H,5,7,11,14-15H2,1-2H3,(H,28,30). The van der Waals surface area contributed by atoms with Gasteiger partial charge in [-0.2, -0.15) is 0 Å². The zero-order valence-electron chi connectivity index (χ0n) is 18.8. The number of benzene rings is 3. The number of fused-ring (bicyclic) bond motifs is 1. The van der Waals surface area contributed by atoms with Crippen molar-refractivity contribution in [2.45, 2.75) is 44.4 Å². The van der Waals surface area contributed by atoms with Crippen LogP contribution in [0.1, 0.15) is 35.1 Å². The highest BCUT2D eigenvalue weighted by Gasteiger charge is 2.28. The van der Waals surface area contributed by atoms with Crippen molar-refractivity contribution < 1.29 is 13.2 Å². The molecule has 0 fully saturated rings. The number of halogens is 1. The minimum atomic E-state index is -3.63. The molecule has 0 atom stereocenters. The molecular formula is C26H27BrN2O3S. The van der Waals surface area contributed by atoms with Gasteiger partial charge in [0.15, 0.2) is 0 Å². The lowest BCUT2D eigenvalue weighted by Gasteiger charge is -2.30. The van der Waals surface area contributed by atoms with Crippen LogP contribution in [0.25, 0.3) is 0 Å². The van der Waals surface area contributed by atoms with Gasteiger partial charge in [-0.25, -0.2) is 8.42 Å². The number of para-hydroxylation sites is 1. The third-order valence-corrected chi connectivity index (χ3v) is 8.27. The van der Waals surface area contributed by atoms with Crippen molar-refractivity contribution in [1.29, 1.82) is 0 Å². The Kier molecular flexibility index (Phi) is 6.91. The molecule has 33 heavy (non-hydrogen) atoms. The smallest absolute Gasteiger partial charge is 0.264 e. The molecule has 0 aromatic heterocycles. The first-order chi connectivity index (χ1) is 15.8.